The Hall–Kier alpha value is -0.300. The zero-order chi connectivity index (χ0) is 12.0. The molecule has 1 spiro atoms. The van der Waals surface area contributed by atoms with E-state index in [4.69, 9.17) is 4.74 Å². The maximum Gasteiger partial charge on any atom is 0.0751 e. The summed E-state index contributed by atoms with van der Waals surface area (Å²) in [4.78, 5) is 0. The van der Waals surface area contributed by atoms with Crippen LogP contribution in [0.5, 0.6) is 0 Å². The van der Waals surface area contributed by atoms with E-state index in [2.05, 4.69) is 6.08 Å². The molecule has 100 valence electrons. The average Bonchev–Trinajstić information content (AvgIpc) is 2.89. The maximum absolute atomic E-state index is 6.77. The van der Waals surface area contributed by atoms with Crippen LogP contribution in [0.25, 0.3) is 0 Å². The van der Waals surface area contributed by atoms with Crippen LogP contribution in [0.15, 0.2) is 11.6 Å². The van der Waals surface area contributed by atoms with Crippen LogP contribution < -0.4 is 0 Å². The molecule has 0 N–H and O–H groups in total. The van der Waals surface area contributed by atoms with Gasteiger partial charge in [-0.2, -0.15) is 0 Å². The fourth-order valence-electron chi connectivity index (χ4n) is 5.32. The van der Waals surface area contributed by atoms with Crippen molar-refractivity contribution in [2.75, 3.05) is 0 Å². The van der Waals surface area contributed by atoms with Gasteiger partial charge in [0.1, 0.15) is 0 Å². The Morgan fingerprint density at radius 3 is 2.67 bits per heavy atom. The molecular formula is C17H26O. The van der Waals surface area contributed by atoms with E-state index in [9.17, 15) is 0 Å². The van der Waals surface area contributed by atoms with Crippen molar-refractivity contribution in [2.45, 2.75) is 82.3 Å². The highest BCUT2D eigenvalue weighted by Gasteiger charge is 2.52. The summed E-state index contributed by atoms with van der Waals surface area (Å²) in [5.41, 5.74) is 2.13. The largest absolute Gasteiger partial charge is 0.371 e. The van der Waals surface area contributed by atoms with Gasteiger partial charge in [-0.05, 0) is 44.9 Å². The molecular weight excluding hydrogens is 220 g/mol. The molecule has 0 amide bonds. The third-order valence-corrected chi connectivity index (χ3v) is 6.08. The molecule has 0 bridgehead atoms. The molecule has 1 nitrogen and oxygen atoms in total. The summed E-state index contributed by atoms with van der Waals surface area (Å²) >= 11 is 0. The van der Waals surface area contributed by atoms with E-state index in [1.54, 1.807) is 0 Å². The molecule has 0 aromatic rings. The number of ether oxygens (including phenoxy) is 1. The summed E-state index contributed by atoms with van der Waals surface area (Å²) in [6, 6.07) is 0. The smallest absolute Gasteiger partial charge is 0.0751 e. The van der Waals surface area contributed by atoms with Gasteiger partial charge >= 0.3 is 0 Å². The number of hydrogen-bond acceptors (Lipinski definition) is 1. The zero-order valence-electron chi connectivity index (χ0n) is 11.5. The van der Waals surface area contributed by atoms with Crippen molar-refractivity contribution >= 4 is 0 Å². The number of fused-ring (bicyclic) bond motifs is 4. The van der Waals surface area contributed by atoms with Gasteiger partial charge in [0.25, 0.3) is 0 Å². The zero-order valence-corrected chi connectivity index (χ0v) is 11.5. The third kappa shape index (κ3) is 1.62. The van der Waals surface area contributed by atoms with Crippen LogP contribution in [-0.2, 0) is 4.74 Å². The monoisotopic (exact) mass is 246 g/mol. The van der Waals surface area contributed by atoms with Crippen LogP contribution in [0.4, 0.5) is 0 Å². The summed E-state index contributed by atoms with van der Waals surface area (Å²) in [5, 5.41) is 0. The second-order valence-corrected chi connectivity index (χ2v) is 7.01. The SMILES string of the molecule is C1=C2[C@H]3CCCC[C@H]3OC3(CCCC3)[C@H]2CCC1. The highest BCUT2D eigenvalue weighted by Crippen LogP contribution is 2.55. The molecule has 4 rings (SSSR count). The van der Waals surface area contributed by atoms with Crippen molar-refractivity contribution in [3.8, 4) is 0 Å². The van der Waals surface area contributed by atoms with Crippen molar-refractivity contribution in [3.63, 3.8) is 0 Å². The Kier molecular flexibility index (Phi) is 2.80. The van der Waals surface area contributed by atoms with Crippen molar-refractivity contribution in [2.24, 2.45) is 11.8 Å². The summed E-state index contributed by atoms with van der Waals surface area (Å²) in [6.45, 7) is 0. The number of rotatable bonds is 0. The minimum Gasteiger partial charge on any atom is -0.371 e. The Labute approximate surface area is 111 Å². The lowest BCUT2D eigenvalue weighted by atomic mass is 9.64. The molecule has 0 radical (unpaired) electrons. The number of allylic oxidation sites excluding steroid dienone is 1. The molecule has 3 atom stereocenters. The lowest BCUT2D eigenvalue weighted by Gasteiger charge is -2.53. The molecule has 0 aromatic carbocycles. The van der Waals surface area contributed by atoms with E-state index in [0.29, 0.717) is 6.10 Å². The molecule has 1 saturated heterocycles. The van der Waals surface area contributed by atoms with Gasteiger partial charge in [0.05, 0.1) is 11.7 Å². The van der Waals surface area contributed by atoms with Crippen molar-refractivity contribution < 1.29 is 4.74 Å². The van der Waals surface area contributed by atoms with Crippen LogP contribution >= 0.6 is 0 Å². The Balaban J connectivity index is 1.71. The molecule has 1 aliphatic heterocycles. The average molecular weight is 246 g/mol. The van der Waals surface area contributed by atoms with Crippen LogP contribution in [0.3, 0.4) is 0 Å². The standard InChI is InChI=1S/C17H26O/c1-3-9-15-13(7-1)14-8-2-4-10-16(14)18-17(15)11-5-6-12-17/h7,14-16H,1-6,8-12H2/t14-,15+,16-/m1/s1. The van der Waals surface area contributed by atoms with Gasteiger partial charge in [-0.15, -0.1) is 0 Å². The van der Waals surface area contributed by atoms with Crippen molar-refractivity contribution in [1.82, 2.24) is 0 Å². The summed E-state index contributed by atoms with van der Waals surface area (Å²) in [5.74, 6) is 1.60. The van der Waals surface area contributed by atoms with E-state index >= 15 is 0 Å². The van der Waals surface area contributed by atoms with Crippen LogP contribution in [0, 0.1) is 11.8 Å². The predicted octanol–water partition coefficient (Wildman–Crippen LogP) is 4.61. The molecule has 0 unspecified atom stereocenters. The molecule has 18 heavy (non-hydrogen) atoms. The lowest BCUT2D eigenvalue weighted by Crippen LogP contribution is -2.52. The van der Waals surface area contributed by atoms with E-state index in [-0.39, 0.29) is 5.60 Å². The molecule has 1 heterocycles. The van der Waals surface area contributed by atoms with E-state index < -0.39 is 0 Å². The van der Waals surface area contributed by atoms with Crippen molar-refractivity contribution in [1.29, 1.82) is 0 Å². The fourth-order valence-corrected chi connectivity index (χ4v) is 5.32. The van der Waals surface area contributed by atoms with E-state index in [1.807, 2.05) is 5.57 Å². The Morgan fingerprint density at radius 1 is 0.944 bits per heavy atom. The molecule has 3 aliphatic carbocycles. The van der Waals surface area contributed by atoms with Gasteiger partial charge in [-0.25, -0.2) is 0 Å². The van der Waals surface area contributed by atoms with E-state index in [1.165, 1.54) is 70.6 Å². The fraction of sp³-hybridized carbons (Fsp3) is 0.882. The van der Waals surface area contributed by atoms with Crippen molar-refractivity contribution in [3.05, 3.63) is 11.6 Å². The van der Waals surface area contributed by atoms with Crippen LogP contribution in [0.1, 0.15) is 70.6 Å². The lowest BCUT2D eigenvalue weighted by molar-refractivity contribution is -0.170. The first-order valence-electron chi connectivity index (χ1n) is 8.27. The second-order valence-electron chi connectivity index (χ2n) is 7.01. The van der Waals surface area contributed by atoms with Gasteiger partial charge in [0.2, 0.25) is 0 Å². The van der Waals surface area contributed by atoms with Crippen LogP contribution in [0.2, 0.25) is 0 Å². The molecule has 3 fully saturated rings. The third-order valence-electron chi connectivity index (χ3n) is 6.08. The minimum absolute atomic E-state index is 0.283. The summed E-state index contributed by atoms with van der Waals surface area (Å²) in [7, 11) is 0. The Morgan fingerprint density at radius 2 is 1.78 bits per heavy atom. The molecule has 2 saturated carbocycles. The van der Waals surface area contributed by atoms with Gasteiger partial charge in [-0.3, -0.25) is 0 Å². The first-order valence-corrected chi connectivity index (χ1v) is 8.27. The molecule has 0 aromatic heterocycles. The highest BCUT2D eigenvalue weighted by atomic mass is 16.5. The minimum atomic E-state index is 0.283. The first-order chi connectivity index (χ1) is 8.89. The first kappa shape index (κ1) is 11.5. The second kappa shape index (κ2) is 4.37. The molecule has 1 heteroatoms. The maximum atomic E-state index is 6.77. The van der Waals surface area contributed by atoms with Gasteiger partial charge in [-0.1, -0.05) is 37.3 Å². The Bertz CT molecular complexity index is 351. The topological polar surface area (TPSA) is 9.23 Å². The van der Waals surface area contributed by atoms with Gasteiger partial charge in [0.15, 0.2) is 0 Å². The number of hydrogen-bond donors (Lipinski definition) is 0. The normalized spacial score (nSPS) is 42.2. The van der Waals surface area contributed by atoms with Gasteiger partial charge < -0.3 is 4.74 Å². The predicted molar refractivity (Wildman–Crippen MR) is 73.5 cm³/mol. The summed E-state index contributed by atoms with van der Waals surface area (Å²) in [6.07, 6.45) is 18.4. The molecule has 4 aliphatic rings. The van der Waals surface area contributed by atoms with Gasteiger partial charge in [0, 0.05) is 11.8 Å². The summed E-state index contributed by atoms with van der Waals surface area (Å²) < 4.78 is 6.77. The van der Waals surface area contributed by atoms with E-state index in [0.717, 1.165) is 11.8 Å². The highest BCUT2D eigenvalue weighted by molar-refractivity contribution is 5.24. The van der Waals surface area contributed by atoms with Crippen LogP contribution in [-0.4, -0.2) is 11.7 Å². The quantitative estimate of drug-likeness (QED) is 0.567.